The average Bonchev–Trinajstić information content (AvgIpc) is 3.03. The third-order valence-electron chi connectivity index (χ3n) is 3.49. The van der Waals surface area contributed by atoms with E-state index in [9.17, 15) is 4.79 Å². The number of nitrogens with one attached hydrogen (secondary N) is 1. The lowest BCUT2D eigenvalue weighted by molar-refractivity contribution is 0.0953. The van der Waals surface area contributed by atoms with E-state index in [0.717, 1.165) is 6.42 Å². The number of fused-ring (bicyclic) bond motifs is 1. The lowest BCUT2D eigenvalue weighted by Gasteiger charge is -2.07. The molecule has 3 rings (SSSR count). The van der Waals surface area contributed by atoms with Gasteiger partial charge in [0.15, 0.2) is 11.5 Å². The average molecular weight is 315 g/mol. The van der Waals surface area contributed by atoms with E-state index < -0.39 is 0 Å². The Hall–Kier alpha value is -2.14. The predicted octanol–water partition coefficient (Wildman–Crippen LogP) is 3.11. The summed E-state index contributed by atoms with van der Waals surface area (Å²) in [7, 11) is 0. The van der Waals surface area contributed by atoms with E-state index in [-0.39, 0.29) is 12.7 Å². The number of carbonyl (C=O) groups is 1. The minimum atomic E-state index is -0.0981. The van der Waals surface area contributed by atoms with Gasteiger partial charge in [0, 0.05) is 17.0 Å². The summed E-state index contributed by atoms with van der Waals surface area (Å²) < 4.78 is 10.5. The zero-order valence-corrected chi connectivity index (χ0v) is 13.1. The lowest BCUT2D eigenvalue weighted by atomic mass is 10.1. The number of benzene rings is 2. The Morgan fingerprint density at radius 1 is 1.14 bits per heavy atom. The Kier molecular flexibility index (Phi) is 4.53. The molecular weight excluding hydrogens is 298 g/mol. The van der Waals surface area contributed by atoms with Crippen molar-refractivity contribution in [3.8, 4) is 11.5 Å². The summed E-state index contributed by atoms with van der Waals surface area (Å²) in [6.07, 6.45) is 2.87. The highest BCUT2D eigenvalue weighted by Crippen LogP contribution is 2.32. The molecule has 0 aromatic heterocycles. The Morgan fingerprint density at radius 2 is 1.91 bits per heavy atom. The molecule has 1 aliphatic rings. The minimum absolute atomic E-state index is 0.0981. The number of carbonyl (C=O) groups excluding carboxylic acids is 1. The molecule has 1 aliphatic heterocycles. The molecule has 0 saturated heterocycles. The summed E-state index contributed by atoms with van der Waals surface area (Å²) in [6.45, 7) is 0.818. The second-order valence-corrected chi connectivity index (χ2v) is 5.80. The minimum Gasteiger partial charge on any atom is -0.454 e. The molecule has 0 radical (unpaired) electrons. The SMILES string of the molecule is CSc1ccc(CCNC(=O)c2ccc3c(c2)OCO3)cc1. The highest BCUT2D eigenvalue weighted by Gasteiger charge is 2.15. The number of hydrogen-bond donors (Lipinski definition) is 1. The van der Waals surface area contributed by atoms with Crippen molar-refractivity contribution in [2.24, 2.45) is 0 Å². The summed E-state index contributed by atoms with van der Waals surface area (Å²) in [6, 6.07) is 13.6. The highest BCUT2D eigenvalue weighted by molar-refractivity contribution is 7.98. The van der Waals surface area contributed by atoms with Crippen LogP contribution in [0.4, 0.5) is 0 Å². The molecule has 22 heavy (non-hydrogen) atoms. The molecule has 0 atom stereocenters. The Morgan fingerprint density at radius 3 is 2.68 bits per heavy atom. The first-order chi connectivity index (χ1) is 10.8. The van der Waals surface area contributed by atoms with Crippen LogP contribution in [0.3, 0.4) is 0 Å². The topological polar surface area (TPSA) is 47.6 Å². The summed E-state index contributed by atoms with van der Waals surface area (Å²) in [5, 5.41) is 2.93. The number of rotatable bonds is 5. The summed E-state index contributed by atoms with van der Waals surface area (Å²) in [5.41, 5.74) is 1.80. The fraction of sp³-hybridized carbons (Fsp3) is 0.235. The van der Waals surface area contributed by atoms with E-state index in [1.165, 1.54) is 10.5 Å². The van der Waals surface area contributed by atoms with Gasteiger partial charge in [0.1, 0.15) is 0 Å². The molecule has 2 aromatic rings. The molecule has 1 amide bonds. The second-order valence-electron chi connectivity index (χ2n) is 4.92. The standard InChI is InChI=1S/C17H17NO3S/c1-22-14-5-2-12(3-6-14)8-9-18-17(19)13-4-7-15-16(10-13)21-11-20-15/h2-7,10H,8-9,11H2,1H3,(H,18,19). The van der Waals surface area contributed by atoms with E-state index in [1.54, 1.807) is 30.0 Å². The van der Waals surface area contributed by atoms with Crippen LogP contribution in [-0.2, 0) is 6.42 Å². The molecule has 0 fully saturated rings. The van der Waals surface area contributed by atoms with Gasteiger partial charge in [-0.15, -0.1) is 11.8 Å². The maximum Gasteiger partial charge on any atom is 0.251 e. The molecule has 5 heteroatoms. The maximum absolute atomic E-state index is 12.1. The highest BCUT2D eigenvalue weighted by atomic mass is 32.2. The summed E-state index contributed by atoms with van der Waals surface area (Å²) >= 11 is 1.72. The molecule has 1 heterocycles. The van der Waals surface area contributed by atoms with Crippen LogP contribution in [0.15, 0.2) is 47.4 Å². The van der Waals surface area contributed by atoms with Gasteiger partial charge in [-0.25, -0.2) is 0 Å². The third kappa shape index (κ3) is 3.36. The van der Waals surface area contributed by atoms with Gasteiger partial charge in [0.05, 0.1) is 0 Å². The number of hydrogen-bond acceptors (Lipinski definition) is 4. The first-order valence-electron chi connectivity index (χ1n) is 7.07. The van der Waals surface area contributed by atoms with Gasteiger partial charge in [0.25, 0.3) is 5.91 Å². The Balaban J connectivity index is 1.53. The van der Waals surface area contributed by atoms with Crippen molar-refractivity contribution in [2.45, 2.75) is 11.3 Å². The van der Waals surface area contributed by atoms with Crippen LogP contribution in [0.2, 0.25) is 0 Å². The molecule has 1 N–H and O–H groups in total. The number of thioether (sulfide) groups is 1. The molecule has 0 spiro atoms. The van der Waals surface area contributed by atoms with E-state index >= 15 is 0 Å². The molecule has 0 unspecified atom stereocenters. The van der Waals surface area contributed by atoms with Gasteiger partial charge in [-0.1, -0.05) is 12.1 Å². The van der Waals surface area contributed by atoms with Crippen LogP contribution in [0.25, 0.3) is 0 Å². The molecular formula is C17H17NO3S. The molecule has 2 aromatic carbocycles. The third-order valence-corrected chi connectivity index (χ3v) is 4.24. The van der Waals surface area contributed by atoms with Crippen molar-refractivity contribution in [2.75, 3.05) is 19.6 Å². The van der Waals surface area contributed by atoms with Crippen LogP contribution in [-0.4, -0.2) is 25.5 Å². The van der Waals surface area contributed by atoms with Crippen LogP contribution < -0.4 is 14.8 Å². The molecule has 114 valence electrons. The van der Waals surface area contributed by atoms with Gasteiger partial charge in [-0.05, 0) is 48.6 Å². The van der Waals surface area contributed by atoms with Crippen molar-refractivity contribution in [3.63, 3.8) is 0 Å². The Bertz CT molecular complexity index is 670. The number of amides is 1. The fourth-order valence-electron chi connectivity index (χ4n) is 2.25. The molecule has 0 aliphatic carbocycles. The quantitative estimate of drug-likeness (QED) is 0.861. The van der Waals surface area contributed by atoms with Crippen molar-refractivity contribution in [1.82, 2.24) is 5.32 Å². The molecule has 0 bridgehead atoms. The van der Waals surface area contributed by atoms with Crippen molar-refractivity contribution in [1.29, 1.82) is 0 Å². The van der Waals surface area contributed by atoms with Gasteiger partial charge >= 0.3 is 0 Å². The zero-order valence-electron chi connectivity index (χ0n) is 12.3. The van der Waals surface area contributed by atoms with Crippen LogP contribution in [0.5, 0.6) is 11.5 Å². The van der Waals surface area contributed by atoms with E-state index in [1.807, 2.05) is 0 Å². The summed E-state index contributed by atoms with van der Waals surface area (Å²) in [4.78, 5) is 13.4. The maximum atomic E-state index is 12.1. The van der Waals surface area contributed by atoms with Gasteiger partial charge < -0.3 is 14.8 Å². The first kappa shape index (κ1) is 14.8. The monoisotopic (exact) mass is 315 g/mol. The van der Waals surface area contributed by atoms with Crippen molar-refractivity contribution >= 4 is 17.7 Å². The van der Waals surface area contributed by atoms with Crippen LogP contribution in [0.1, 0.15) is 15.9 Å². The van der Waals surface area contributed by atoms with E-state index in [0.29, 0.717) is 23.6 Å². The number of ether oxygens (including phenoxy) is 2. The fourth-order valence-corrected chi connectivity index (χ4v) is 2.66. The van der Waals surface area contributed by atoms with Gasteiger partial charge in [0.2, 0.25) is 6.79 Å². The van der Waals surface area contributed by atoms with Crippen molar-refractivity contribution < 1.29 is 14.3 Å². The van der Waals surface area contributed by atoms with Gasteiger partial charge in [-0.2, -0.15) is 0 Å². The predicted molar refractivity (Wildman–Crippen MR) is 86.8 cm³/mol. The van der Waals surface area contributed by atoms with E-state index in [4.69, 9.17) is 9.47 Å². The van der Waals surface area contributed by atoms with E-state index in [2.05, 4.69) is 35.8 Å². The zero-order chi connectivity index (χ0) is 15.4. The summed E-state index contributed by atoms with van der Waals surface area (Å²) in [5.74, 6) is 1.21. The second kappa shape index (κ2) is 6.75. The van der Waals surface area contributed by atoms with Gasteiger partial charge in [-0.3, -0.25) is 4.79 Å². The normalized spacial score (nSPS) is 12.2. The smallest absolute Gasteiger partial charge is 0.251 e. The van der Waals surface area contributed by atoms with Crippen LogP contribution >= 0.6 is 11.8 Å². The lowest BCUT2D eigenvalue weighted by Crippen LogP contribution is -2.25. The first-order valence-corrected chi connectivity index (χ1v) is 8.29. The van der Waals surface area contributed by atoms with Crippen molar-refractivity contribution in [3.05, 3.63) is 53.6 Å². The van der Waals surface area contributed by atoms with Crippen LogP contribution in [0, 0.1) is 0 Å². The largest absolute Gasteiger partial charge is 0.454 e. The Labute approximate surface area is 133 Å². The molecule has 4 nitrogen and oxygen atoms in total. The molecule has 0 saturated carbocycles.